The van der Waals surface area contributed by atoms with E-state index in [1.54, 1.807) is 0 Å². The lowest BCUT2D eigenvalue weighted by atomic mass is 10.1. The van der Waals surface area contributed by atoms with Gasteiger partial charge in [-0.2, -0.15) is 0 Å². The lowest BCUT2D eigenvalue weighted by Crippen LogP contribution is -2.30. The minimum Gasteiger partial charge on any atom is -0.543 e. The Bertz CT molecular complexity index is 438. The number of aryl methyl sites for hydroxylation is 1. The summed E-state index contributed by atoms with van der Waals surface area (Å²) in [6.45, 7) is 8.09. The van der Waals surface area contributed by atoms with Crippen LogP contribution in [0, 0.1) is 6.92 Å². The van der Waals surface area contributed by atoms with Crippen LogP contribution in [0.4, 0.5) is 0 Å². The van der Waals surface area contributed by atoms with Gasteiger partial charge in [-0.15, -0.1) is 0 Å². The second-order valence-corrected chi connectivity index (χ2v) is 10.1. The van der Waals surface area contributed by atoms with Crippen LogP contribution < -0.4 is 4.43 Å². The summed E-state index contributed by atoms with van der Waals surface area (Å²) in [5, 5.41) is 0. The first kappa shape index (κ1) is 14.2. The average Bonchev–Trinajstić information content (AvgIpc) is 2.21. The van der Waals surface area contributed by atoms with Crippen molar-refractivity contribution in [3.05, 3.63) is 27.7 Å². The summed E-state index contributed by atoms with van der Waals surface area (Å²) < 4.78 is 11.5. The summed E-state index contributed by atoms with van der Waals surface area (Å²) in [6, 6.07) is 3.75. The van der Waals surface area contributed by atoms with Gasteiger partial charge in [0, 0.05) is 0 Å². The van der Waals surface area contributed by atoms with E-state index in [9.17, 15) is 4.79 Å². The van der Waals surface area contributed by atoms with Crippen LogP contribution in [0.15, 0.2) is 16.6 Å². The van der Waals surface area contributed by atoms with E-state index in [2.05, 4.69) is 35.6 Å². The molecule has 0 radical (unpaired) electrons. The quantitative estimate of drug-likeness (QED) is 0.629. The molecule has 5 heteroatoms. The third-order valence-electron chi connectivity index (χ3n) is 2.12. The van der Waals surface area contributed by atoms with Crippen molar-refractivity contribution >= 4 is 30.2 Å². The second-order valence-electron chi connectivity index (χ2n) is 4.77. The molecular formula is C12H17BrO3Si. The summed E-state index contributed by atoms with van der Waals surface area (Å²) in [6.07, 6.45) is 0. The molecule has 0 aliphatic carbocycles. The van der Waals surface area contributed by atoms with Gasteiger partial charge < -0.3 is 9.16 Å². The van der Waals surface area contributed by atoms with Gasteiger partial charge in [0.15, 0.2) is 0 Å². The van der Waals surface area contributed by atoms with Crippen LogP contribution in [0.1, 0.15) is 15.9 Å². The minimum absolute atomic E-state index is 0.364. The van der Waals surface area contributed by atoms with E-state index in [1.165, 1.54) is 7.11 Å². The molecule has 0 fully saturated rings. The molecule has 0 saturated heterocycles. The Balaban J connectivity index is 3.35. The number of hydrogen-bond acceptors (Lipinski definition) is 3. The smallest absolute Gasteiger partial charge is 0.341 e. The Morgan fingerprint density at radius 3 is 2.35 bits per heavy atom. The third-order valence-corrected chi connectivity index (χ3v) is 3.56. The van der Waals surface area contributed by atoms with E-state index in [1.807, 2.05) is 19.1 Å². The van der Waals surface area contributed by atoms with Crippen molar-refractivity contribution in [3.8, 4) is 5.75 Å². The van der Waals surface area contributed by atoms with Crippen LogP contribution in [0.2, 0.25) is 19.6 Å². The monoisotopic (exact) mass is 316 g/mol. The number of hydrogen-bond donors (Lipinski definition) is 0. The number of rotatable bonds is 3. The zero-order chi connectivity index (χ0) is 13.2. The number of halogens is 1. The highest BCUT2D eigenvalue weighted by Crippen LogP contribution is 2.33. The molecule has 17 heavy (non-hydrogen) atoms. The number of ether oxygens (including phenoxy) is 1. The lowest BCUT2D eigenvalue weighted by Gasteiger charge is -2.23. The van der Waals surface area contributed by atoms with Crippen molar-refractivity contribution in [2.75, 3.05) is 7.11 Å². The highest BCUT2D eigenvalue weighted by atomic mass is 79.9. The zero-order valence-corrected chi connectivity index (χ0v) is 13.3. The van der Waals surface area contributed by atoms with Crippen LogP contribution in [0.25, 0.3) is 0 Å². The molecule has 0 heterocycles. The fourth-order valence-corrected chi connectivity index (χ4v) is 2.80. The van der Waals surface area contributed by atoms with Crippen molar-refractivity contribution in [3.63, 3.8) is 0 Å². The molecule has 0 aliphatic rings. The van der Waals surface area contributed by atoms with Crippen molar-refractivity contribution in [2.45, 2.75) is 26.6 Å². The molecule has 1 aromatic carbocycles. The molecule has 0 spiro atoms. The summed E-state index contributed by atoms with van der Waals surface area (Å²) >= 11 is 3.42. The Labute approximate surface area is 111 Å². The fourth-order valence-electron chi connectivity index (χ4n) is 1.42. The lowest BCUT2D eigenvalue weighted by molar-refractivity contribution is 0.0597. The molecule has 0 atom stereocenters. The van der Waals surface area contributed by atoms with Crippen molar-refractivity contribution in [1.82, 2.24) is 0 Å². The van der Waals surface area contributed by atoms with Gasteiger partial charge in [-0.1, -0.05) is 6.07 Å². The maximum absolute atomic E-state index is 11.8. The summed E-state index contributed by atoms with van der Waals surface area (Å²) in [7, 11) is -0.404. The molecular weight excluding hydrogens is 300 g/mol. The number of methoxy groups -OCH3 is 1. The number of carbonyl (C=O) groups is 1. The molecule has 3 nitrogen and oxygen atoms in total. The van der Waals surface area contributed by atoms with E-state index in [-0.39, 0.29) is 5.97 Å². The Hall–Kier alpha value is -0.813. The van der Waals surface area contributed by atoms with Gasteiger partial charge in [0.2, 0.25) is 8.32 Å². The van der Waals surface area contributed by atoms with Crippen LogP contribution in [-0.4, -0.2) is 21.4 Å². The SMILES string of the molecule is COC(=O)c1c(C)ccc(Br)c1O[Si](C)(C)C. The highest BCUT2D eigenvalue weighted by molar-refractivity contribution is 9.10. The second kappa shape index (κ2) is 5.22. The molecule has 1 aromatic rings. The van der Waals surface area contributed by atoms with Gasteiger partial charge >= 0.3 is 5.97 Å². The van der Waals surface area contributed by atoms with Crippen LogP contribution in [0.3, 0.4) is 0 Å². The van der Waals surface area contributed by atoms with E-state index in [0.29, 0.717) is 11.3 Å². The Kier molecular flexibility index (Phi) is 4.38. The topological polar surface area (TPSA) is 35.5 Å². The molecule has 0 unspecified atom stereocenters. The molecule has 0 aromatic heterocycles. The zero-order valence-electron chi connectivity index (χ0n) is 10.8. The number of carbonyl (C=O) groups excluding carboxylic acids is 1. The molecule has 0 bridgehead atoms. The molecule has 0 amide bonds. The Morgan fingerprint density at radius 2 is 1.88 bits per heavy atom. The normalized spacial score (nSPS) is 11.2. The van der Waals surface area contributed by atoms with Crippen molar-refractivity contribution in [1.29, 1.82) is 0 Å². The average molecular weight is 317 g/mol. The predicted octanol–water partition coefficient (Wildman–Crippen LogP) is 3.76. The van der Waals surface area contributed by atoms with Gasteiger partial charge in [-0.3, -0.25) is 0 Å². The van der Waals surface area contributed by atoms with Crippen LogP contribution in [0.5, 0.6) is 5.75 Å². The molecule has 94 valence electrons. The van der Waals surface area contributed by atoms with Gasteiger partial charge in [-0.05, 0) is 54.1 Å². The van der Waals surface area contributed by atoms with E-state index in [0.717, 1.165) is 10.0 Å². The Morgan fingerprint density at radius 1 is 1.29 bits per heavy atom. The summed E-state index contributed by atoms with van der Waals surface area (Å²) in [5.74, 6) is 0.230. The van der Waals surface area contributed by atoms with E-state index in [4.69, 9.17) is 9.16 Å². The fraction of sp³-hybridized carbons (Fsp3) is 0.417. The van der Waals surface area contributed by atoms with Crippen molar-refractivity contribution < 1.29 is 14.0 Å². The van der Waals surface area contributed by atoms with E-state index >= 15 is 0 Å². The maximum atomic E-state index is 11.8. The number of esters is 1. The highest BCUT2D eigenvalue weighted by Gasteiger charge is 2.24. The van der Waals surface area contributed by atoms with Gasteiger partial charge in [0.1, 0.15) is 11.3 Å². The molecule has 1 rings (SSSR count). The minimum atomic E-state index is -1.78. The predicted molar refractivity (Wildman–Crippen MR) is 74.2 cm³/mol. The standard InChI is InChI=1S/C12H17BrO3Si/c1-8-6-7-9(13)11(16-17(3,4)5)10(8)12(14)15-2/h6-7H,1-5H3. The van der Waals surface area contributed by atoms with Gasteiger partial charge in [0.05, 0.1) is 11.6 Å². The maximum Gasteiger partial charge on any atom is 0.341 e. The van der Waals surface area contributed by atoms with Crippen LogP contribution in [-0.2, 0) is 4.74 Å². The first-order valence-corrected chi connectivity index (χ1v) is 9.53. The summed E-state index contributed by atoms with van der Waals surface area (Å²) in [5.41, 5.74) is 1.36. The van der Waals surface area contributed by atoms with Crippen LogP contribution >= 0.6 is 15.9 Å². The first-order valence-electron chi connectivity index (χ1n) is 5.32. The largest absolute Gasteiger partial charge is 0.543 e. The number of benzene rings is 1. The van der Waals surface area contributed by atoms with Gasteiger partial charge in [-0.25, -0.2) is 4.79 Å². The van der Waals surface area contributed by atoms with Gasteiger partial charge in [0.25, 0.3) is 0 Å². The molecule has 0 aliphatic heterocycles. The molecule has 0 N–H and O–H groups in total. The van der Waals surface area contributed by atoms with E-state index < -0.39 is 8.32 Å². The third kappa shape index (κ3) is 3.57. The summed E-state index contributed by atoms with van der Waals surface area (Å²) in [4.78, 5) is 11.8. The first-order chi connectivity index (χ1) is 7.76. The molecule has 0 saturated carbocycles. The van der Waals surface area contributed by atoms with Crippen molar-refractivity contribution in [2.24, 2.45) is 0 Å².